The Labute approximate surface area is 121 Å². The van der Waals surface area contributed by atoms with E-state index >= 15 is 0 Å². The van der Waals surface area contributed by atoms with Crippen LogP contribution in [-0.4, -0.2) is 29.7 Å². The molecule has 1 aromatic heterocycles. The maximum Gasteiger partial charge on any atom is 0.104 e. The summed E-state index contributed by atoms with van der Waals surface area (Å²) in [5, 5.41) is 8.70. The lowest BCUT2D eigenvalue weighted by molar-refractivity contribution is 0.213. The predicted molar refractivity (Wildman–Crippen MR) is 83.2 cm³/mol. The molecule has 0 unspecified atom stereocenters. The smallest absolute Gasteiger partial charge is 0.104 e. The molecule has 1 rings (SSSR count). The highest BCUT2D eigenvalue weighted by atomic mass is 32.1. The average Bonchev–Trinajstić information content (AvgIpc) is 2.72. The van der Waals surface area contributed by atoms with Gasteiger partial charge in [0.2, 0.25) is 0 Å². The molecule has 0 atom stereocenters. The maximum atomic E-state index is 8.70. The van der Waals surface area contributed by atoms with Crippen LogP contribution in [0.25, 0.3) is 0 Å². The largest absolute Gasteiger partial charge is 0.384 e. The van der Waals surface area contributed by atoms with E-state index in [1.54, 1.807) is 11.3 Å². The molecule has 0 aliphatic heterocycles. The van der Waals surface area contributed by atoms with Crippen molar-refractivity contribution in [1.29, 1.82) is 0 Å². The van der Waals surface area contributed by atoms with E-state index in [1.165, 1.54) is 4.88 Å². The number of aliphatic hydroxyl groups excluding tert-OH is 1. The fraction of sp³-hybridized carbons (Fsp3) is 0.625. The Morgan fingerprint density at radius 1 is 1.16 bits per heavy atom. The molecule has 0 aromatic carbocycles. The highest BCUT2D eigenvalue weighted by Crippen LogP contribution is 2.18. The van der Waals surface area contributed by atoms with E-state index in [-0.39, 0.29) is 6.61 Å². The second kappa shape index (κ2) is 8.37. The number of hydrogen-bond acceptors (Lipinski definition) is 3. The molecule has 3 heteroatoms. The summed E-state index contributed by atoms with van der Waals surface area (Å²) in [6.45, 7) is 12.3. The first-order valence-corrected chi connectivity index (χ1v) is 7.73. The Bertz CT molecular complexity index is 415. The van der Waals surface area contributed by atoms with Crippen molar-refractivity contribution in [2.45, 2.75) is 34.2 Å². The third-order valence-corrected chi connectivity index (χ3v) is 3.56. The summed E-state index contributed by atoms with van der Waals surface area (Å²) >= 11 is 1.73. The second-order valence-electron chi connectivity index (χ2n) is 5.71. The molecule has 0 amide bonds. The molecule has 0 radical (unpaired) electrons. The monoisotopic (exact) mass is 279 g/mol. The normalized spacial score (nSPS) is 11.2. The van der Waals surface area contributed by atoms with Crippen LogP contribution in [-0.2, 0) is 6.54 Å². The van der Waals surface area contributed by atoms with Crippen LogP contribution in [0, 0.1) is 23.7 Å². The zero-order valence-electron chi connectivity index (χ0n) is 12.4. The lowest BCUT2D eigenvalue weighted by Crippen LogP contribution is -2.30. The number of nitrogens with zero attached hydrogens (tertiary/aromatic N) is 1. The lowest BCUT2D eigenvalue weighted by Gasteiger charge is -2.25. The Hall–Kier alpha value is -0.820. The van der Waals surface area contributed by atoms with Gasteiger partial charge in [-0.3, -0.25) is 4.90 Å². The van der Waals surface area contributed by atoms with Crippen LogP contribution < -0.4 is 0 Å². The van der Waals surface area contributed by atoms with Gasteiger partial charge in [0.05, 0.1) is 4.88 Å². The van der Waals surface area contributed by atoms with Crippen LogP contribution >= 0.6 is 11.3 Å². The zero-order valence-corrected chi connectivity index (χ0v) is 13.3. The van der Waals surface area contributed by atoms with Gasteiger partial charge in [-0.05, 0) is 24.0 Å². The highest BCUT2D eigenvalue weighted by Gasteiger charge is 2.11. The molecule has 0 aliphatic carbocycles. The van der Waals surface area contributed by atoms with Crippen LogP contribution in [0.2, 0.25) is 0 Å². The van der Waals surface area contributed by atoms with Crippen molar-refractivity contribution >= 4 is 11.3 Å². The number of rotatable bonds is 6. The molecule has 19 heavy (non-hydrogen) atoms. The second-order valence-corrected chi connectivity index (χ2v) is 6.88. The average molecular weight is 279 g/mol. The van der Waals surface area contributed by atoms with Crippen LogP contribution in [0.3, 0.4) is 0 Å². The van der Waals surface area contributed by atoms with Gasteiger partial charge in [-0.25, -0.2) is 0 Å². The van der Waals surface area contributed by atoms with Gasteiger partial charge in [-0.15, -0.1) is 11.3 Å². The van der Waals surface area contributed by atoms with E-state index in [0.717, 1.165) is 24.5 Å². The van der Waals surface area contributed by atoms with Crippen LogP contribution in [0.1, 0.15) is 37.4 Å². The molecule has 1 heterocycles. The summed E-state index contributed by atoms with van der Waals surface area (Å²) < 4.78 is 0. The van der Waals surface area contributed by atoms with E-state index in [0.29, 0.717) is 11.8 Å². The fourth-order valence-corrected chi connectivity index (χ4v) is 3.04. The summed E-state index contributed by atoms with van der Waals surface area (Å²) in [6, 6.07) is 4.20. The molecule has 0 aliphatic rings. The van der Waals surface area contributed by atoms with Crippen molar-refractivity contribution in [2.75, 3.05) is 19.7 Å². The SMILES string of the molecule is CC(C)CN(Cc1ccc(C#CCO)s1)CC(C)C. The first-order valence-electron chi connectivity index (χ1n) is 6.92. The van der Waals surface area contributed by atoms with Crippen LogP contribution in [0.4, 0.5) is 0 Å². The van der Waals surface area contributed by atoms with Gasteiger partial charge < -0.3 is 5.11 Å². The Balaban J connectivity index is 2.64. The molecule has 1 N–H and O–H groups in total. The van der Waals surface area contributed by atoms with Gasteiger partial charge in [0.25, 0.3) is 0 Å². The maximum absolute atomic E-state index is 8.70. The van der Waals surface area contributed by atoms with Crippen molar-refractivity contribution in [3.8, 4) is 11.8 Å². The zero-order chi connectivity index (χ0) is 14.3. The van der Waals surface area contributed by atoms with Crippen molar-refractivity contribution in [3.05, 3.63) is 21.9 Å². The topological polar surface area (TPSA) is 23.5 Å². The van der Waals surface area contributed by atoms with Crippen LogP contribution in [0.5, 0.6) is 0 Å². The predicted octanol–water partition coefficient (Wildman–Crippen LogP) is 3.21. The first-order chi connectivity index (χ1) is 9.01. The molecule has 1 aromatic rings. The molecular weight excluding hydrogens is 254 g/mol. The summed E-state index contributed by atoms with van der Waals surface area (Å²) in [6.07, 6.45) is 0. The van der Waals surface area contributed by atoms with E-state index in [4.69, 9.17) is 5.11 Å². The summed E-state index contributed by atoms with van der Waals surface area (Å²) in [5.74, 6) is 7.04. The van der Waals surface area contributed by atoms with E-state index < -0.39 is 0 Å². The van der Waals surface area contributed by atoms with E-state index in [9.17, 15) is 0 Å². The lowest BCUT2D eigenvalue weighted by atomic mass is 10.1. The van der Waals surface area contributed by atoms with E-state index in [2.05, 4.69) is 50.5 Å². The molecule has 0 fully saturated rings. The number of aliphatic hydroxyl groups is 1. The molecule has 0 saturated carbocycles. The van der Waals surface area contributed by atoms with E-state index in [1.807, 2.05) is 6.07 Å². The van der Waals surface area contributed by atoms with Crippen molar-refractivity contribution in [3.63, 3.8) is 0 Å². The standard InChI is InChI=1S/C16H25NOS/c1-13(2)10-17(11-14(3)4)12-16-8-7-15(19-16)6-5-9-18/h7-8,13-14,18H,9-12H2,1-4H3. The third-order valence-electron chi connectivity index (χ3n) is 2.58. The summed E-state index contributed by atoms with van der Waals surface area (Å²) in [5.41, 5.74) is 0. The third kappa shape index (κ3) is 6.77. The summed E-state index contributed by atoms with van der Waals surface area (Å²) in [7, 11) is 0. The Morgan fingerprint density at radius 2 is 1.79 bits per heavy atom. The molecule has 106 valence electrons. The van der Waals surface area contributed by atoms with Crippen LogP contribution in [0.15, 0.2) is 12.1 Å². The van der Waals surface area contributed by atoms with Crippen molar-refractivity contribution in [2.24, 2.45) is 11.8 Å². The molecule has 0 saturated heterocycles. The minimum Gasteiger partial charge on any atom is -0.384 e. The minimum absolute atomic E-state index is 0.0694. The van der Waals surface area contributed by atoms with Gasteiger partial charge in [0, 0.05) is 24.5 Å². The molecule has 2 nitrogen and oxygen atoms in total. The van der Waals surface area contributed by atoms with Gasteiger partial charge in [0.1, 0.15) is 6.61 Å². The van der Waals surface area contributed by atoms with Gasteiger partial charge in [-0.1, -0.05) is 39.5 Å². The quantitative estimate of drug-likeness (QED) is 0.808. The fourth-order valence-electron chi connectivity index (χ4n) is 2.11. The highest BCUT2D eigenvalue weighted by molar-refractivity contribution is 7.12. The van der Waals surface area contributed by atoms with Crippen molar-refractivity contribution < 1.29 is 5.11 Å². The van der Waals surface area contributed by atoms with Gasteiger partial charge in [0.15, 0.2) is 0 Å². The molecule has 0 spiro atoms. The molecular formula is C16H25NOS. The van der Waals surface area contributed by atoms with Gasteiger partial charge >= 0.3 is 0 Å². The Kier molecular flexibility index (Phi) is 7.15. The Morgan fingerprint density at radius 3 is 2.32 bits per heavy atom. The summed E-state index contributed by atoms with van der Waals surface area (Å²) in [4.78, 5) is 4.91. The minimum atomic E-state index is -0.0694. The first kappa shape index (κ1) is 16.2. The molecule has 0 bridgehead atoms. The van der Waals surface area contributed by atoms with Gasteiger partial charge in [-0.2, -0.15) is 0 Å². The number of thiophene rings is 1. The number of hydrogen-bond donors (Lipinski definition) is 1. The van der Waals surface area contributed by atoms with Crippen molar-refractivity contribution in [1.82, 2.24) is 4.90 Å².